The van der Waals surface area contributed by atoms with Crippen LogP contribution in [0.3, 0.4) is 0 Å². The Morgan fingerprint density at radius 1 is 1.36 bits per heavy atom. The number of aliphatic hydroxyl groups is 1. The van der Waals surface area contributed by atoms with E-state index in [0.29, 0.717) is 6.54 Å². The molecule has 5 radical (unpaired) electrons. The summed E-state index contributed by atoms with van der Waals surface area (Å²) in [6, 6.07) is 0. The molecule has 73 valence electrons. The van der Waals surface area contributed by atoms with Crippen molar-refractivity contribution in [1.82, 2.24) is 9.78 Å². The van der Waals surface area contributed by atoms with Crippen LogP contribution in [0.4, 0.5) is 0 Å². The van der Waals surface area contributed by atoms with Crippen LogP contribution >= 0.6 is 22.6 Å². The zero-order valence-corrected chi connectivity index (χ0v) is 9.68. The van der Waals surface area contributed by atoms with E-state index in [4.69, 9.17) is 5.11 Å². The molecule has 0 aromatic carbocycles. The zero-order chi connectivity index (χ0) is 9.97. The molecule has 0 aliphatic heterocycles. The second kappa shape index (κ2) is 4.61. The predicted molar refractivity (Wildman–Crippen MR) is 61.6 cm³/mol. The Kier molecular flexibility index (Phi) is 3.43. The van der Waals surface area contributed by atoms with Crippen molar-refractivity contribution in [3.8, 4) is 0 Å². The van der Waals surface area contributed by atoms with Gasteiger partial charge in [0.15, 0.2) is 0 Å². The number of hydrogen-bond donors (Lipinski definition) is 1. The van der Waals surface area contributed by atoms with E-state index < -0.39 is 0 Å². The lowest BCUT2D eigenvalue weighted by Crippen LogP contribution is -2.12. The van der Waals surface area contributed by atoms with Crippen LogP contribution in [0.2, 0.25) is 0 Å². The lowest BCUT2D eigenvalue weighted by atomic mass is 10.0. The molecule has 0 unspecified atom stereocenters. The fraction of sp³-hybridized carbons (Fsp3) is 0.200. The summed E-state index contributed by atoms with van der Waals surface area (Å²) in [7, 11) is 0. The van der Waals surface area contributed by atoms with E-state index in [9.17, 15) is 0 Å². The van der Waals surface area contributed by atoms with Crippen LogP contribution in [0.25, 0.3) is 0 Å². The van der Waals surface area contributed by atoms with Gasteiger partial charge in [0.2, 0.25) is 0 Å². The highest BCUT2D eigenvalue weighted by molar-refractivity contribution is 14.1. The van der Waals surface area contributed by atoms with Gasteiger partial charge in [-0.25, -0.2) is 0 Å². The number of nitrogens with zero attached hydrogens (tertiary/aromatic N) is 2. The third-order valence-electron chi connectivity index (χ3n) is 2.04. The van der Waals surface area contributed by atoms with Crippen molar-refractivity contribution in [1.29, 1.82) is 0 Å². The molecule has 0 bridgehead atoms. The fourth-order valence-corrected chi connectivity index (χ4v) is 2.16. The number of aromatic nitrogens is 2. The van der Waals surface area contributed by atoms with E-state index in [1.165, 1.54) is 0 Å². The molecule has 1 N–H and O–H groups in total. The van der Waals surface area contributed by atoms with Crippen LogP contribution in [-0.4, -0.2) is 21.5 Å². The minimum Gasteiger partial charge on any atom is -0.394 e. The van der Waals surface area contributed by atoms with Crippen molar-refractivity contribution in [3.05, 3.63) is 47.1 Å². The SMILES string of the molecule is OCCn1ncc(I)c1[C]1[CH][CH][CH][CH]1. The molecule has 1 aliphatic rings. The molecule has 4 heteroatoms. The number of rotatable bonds is 3. The molecule has 0 amide bonds. The molecule has 3 nitrogen and oxygen atoms in total. The summed E-state index contributed by atoms with van der Waals surface area (Å²) in [6.45, 7) is 0.662. The van der Waals surface area contributed by atoms with Gasteiger partial charge in [0.25, 0.3) is 0 Å². The maximum absolute atomic E-state index is 8.89. The molecule has 14 heavy (non-hydrogen) atoms. The summed E-state index contributed by atoms with van der Waals surface area (Å²) in [6.07, 6.45) is 9.92. The monoisotopic (exact) mass is 301 g/mol. The Morgan fingerprint density at radius 3 is 2.71 bits per heavy atom. The fourth-order valence-electron chi connectivity index (χ4n) is 1.45. The Labute approximate surface area is 97.6 Å². The van der Waals surface area contributed by atoms with E-state index in [1.54, 1.807) is 0 Å². The molecule has 1 aliphatic carbocycles. The molecular formula is C10H10IN2O. The standard InChI is InChI=1S/C10H10IN2O/c11-9-7-12-13(5-6-14)10(9)8-3-1-2-4-8/h1-4,7,14H,5-6H2. The normalized spacial score (nSPS) is 17.9. The summed E-state index contributed by atoms with van der Waals surface area (Å²) in [5.74, 6) is 1.15. The zero-order valence-electron chi connectivity index (χ0n) is 7.52. The summed E-state index contributed by atoms with van der Waals surface area (Å²) < 4.78 is 2.94. The second-order valence-electron chi connectivity index (χ2n) is 2.96. The summed E-state index contributed by atoms with van der Waals surface area (Å²) >= 11 is 2.26. The molecule has 1 heterocycles. The molecule has 1 aromatic heterocycles. The van der Waals surface area contributed by atoms with Crippen LogP contribution in [0.5, 0.6) is 0 Å². The van der Waals surface area contributed by atoms with Gasteiger partial charge in [0, 0.05) is 5.92 Å². The lowest BCUT2D eigenvalue weighted by molar-refractivity contribution is 0.268. The third kappa shape index (κ3) is 1.95. The number of halogens is 1. The van der Waals surface area contributed by atoms with Crippen LogP contribution in [0.15, 0.2) is 6.20 Å². The van der Waals surface area contributed by atoms with Crippen LogP contribution in [0.1, 0.15) is 5.69 Å². The first kappa shape index (κ1) is 10.4. The maximum Gasteiger partial charge on any atom is 0.0644 e. The van der Waals surface area contributed by atoms with E-state index in [1.807, 2.05) is 36.6 Å². The molecule has 1 aromatic rings. The van der Waals surface area contributed by atoms with Crippen molar-refractivity contribution < 1.29 is 5.11 Å². The Hall–Kier alpha value is -0.100. The van der Waals surface area contributed by atoms with E-state index in [2.05, 4.69) is 27.7 Å². The third-order valence-corrected chi connectivity index (χ3v) is 2.83. The van der Waals surface area contributed by atoms with Gasteiger partial charge in [0.05, 0.1) is 28.6 Å². The average Bonchev–Trinajstić information content (AvgIpc) is 2.76. The van der Waals surface area contributed by atoms with Gasteiger partial charge in [-0.2, -0.15) is 5.10 Å². The van der Waals surface area contributed by atoms with Gasteiger partial charge in [0.1, 0.15) is 0 Å². The molecular weight excluding hydrogens is 291 g/mol. The highest BCUT2D eigenvalue weighted by atomic mass is 127. The van der Waals surface area contributed by atoms with Crippen LogP contribution in [-0.2, 0) is 6.54 Å². The minimum absolute atomic E-state index is 0.117. The molecule has 1 fully saturated rings. The van der Waals surface area contributed by atoms with Crippen molar-refractivity contribution in [2.75, 3.05) is 6.61 Å². The number of aliphatic hydroxyl groups excluding tert-OH is 1. The second-order valence-corrected chi connectivity index (χ2v) is 4.12. The Bertz CT molecular complexity index is 305. The highest BCUT2D eigenvalue weighted by Gasteiger charge is 2.24. The van der Waals surface area contributed by atoms with Gasteiger partial charge in [-0.3, -0.25) is 4.68 Å². The van der Waals surface area contributed by atoms with Gasteiger partial charge in [-0.05, 0) is 48.3 Å². The van der Waals surface area contributed by atoms with Gasteiger partial charge in [-0.1, -0.05) is 0 Å². The quantitative estimate of drug-likeness (QED) is 0.853. The van der Waals surface area contributed by atoms with E-state index in [-0.39, 0.29) is 6.61 Å². The van der Waals surface area contributed by atoms with Crippen molar-refractivity contribution in [2.45, 2.75) is 6.54 Å². The summed E-state index contributed by atoms with van der Waals surface area (Å²) in [5.41, 5.74) is 1.09. The summed E-state index contributed by atoms with van der Waals surface area (Å²) in [4.78, 5) is 0. The minimum atomic E-state index is 0.117. The molecule has 1 saturated carbocycles. The van der Waals surface area contributed by atoms with E-state index >= 15 is 0 Å². The first-order valence-electron chi connectivity index (χ1n) is 4.37. The molecule has 2 rings (SSSR count). The maximum atomic E-state index is 8.89. The molecule has 0 saturated heterocycles. The first-order valence-corrected chi connectivity index (χ1v) is 5.45. The largest absolute Gasteiger partial charge is 0.394 e. The van der Waals surface area contributed by atoms with Crippen LogP contribution < -0.4 is 0 Å². The van der Waals surface area contributed by atoms with Crippen molar-refractivity contribution >= 4 is 22.6 Å². The summed E-state index contributed by atoms with van der Waals surface area (Å²) in [5, 5.41) is 13.1. The van der Waals surface area contributed by atoms with Gasteiger partial charge >= 0.3 is 0 Å². The average molecular weight is 301 g/mol. The van der Waals surface area contributed by atoms with Crippen molar-refractivity contribution in [2.24, 2.45) is 0 Å². The highest BCUT2D eigenvalue weighted by Crippen LogP contribution is 2.32. The molecule has 0 atom stereocenters. The topological polar surface area (TPSA) is 38.0 Å². The lowest BCUT2D eigenvalue weighted by Gasteiger charge is -2.11. The smallest absolute Gasteiger partial charge is 0.0644 e. The Balaban J connectivity index is 2.24. The van der Waals surface area contributed by atoms with Gasteiger partial charge in [-0.15, -0.1) is 0 Å². The predicted octanol–water partition coefficient (Wildman–Crippen LogP) is 1.23. The van der Waals surface area contributed by atoms with Gasteiger partial charge < -0.3 is 5.11 Å². The Morgan fingerprint density at radius 2 is 2.07 bits per heavy atom. The molecule has 0 spiro atoms. The van der Waals surface area contributed by atoms with E-state index in [0.717, 1.165) is 15.2 Å². The first-order chi connectivity index (χ1) is 6.83. The van der Waals surface area contributed by atoms with Crippen LogP contribution in [0, 0.1) is 35.2 Å². The van der Waals surface area contributed by atoms with Crippen molar-refractivity contribution in [3.63, 3.8) is 0 Å². The number of hydrogen-bond acceptors (Lipinski definition) is 2.